The number of nitrogens with one attached hydrogen (secondary N) is 1. The van der Waals surface area contributed by atoms with Crippen LogP contribution < -0.4 is 5.32 Å². The van der Waals surface area contributed by atoms with Gasteiger partial charge in [-0.15, -0.1) is 0 Å². The van der Waals surface area contributed by atoms with Crippen molar-refractivity contribution in [3.63, 3.8) is 0 Å². The number of hydrogen-bond acceptors (Lipinski definition) is 8. The minimum atomic E-state index is -0.647. The van der Waals surface area contributed by atoms with Crippen molar-refractivity contribution in [3.05, 3.63) is 76.6 Å². The molecule has 1 spiro atoms. The van der Waals surface area contributed by atoms with E-state index in [0.717, 1.165) is 49.0 Å². The van der Waals surface area contributed by atoms with Crippen molar-refractivity contribution in [1.82, 2.24) is 34.5 Å². The van der Waals surface area contributed by atoms with Gasteiger partial charge in [0, 0.05) is 48.3 Å². The zero-order valence-electron chi connectivity index (χ0n) is 26.7. The first-order valence-corrected chi connectivity index (χ1v) is 16.8. The molecule has 0 radical (unpaired) electrons. The molecule has 2 aliphatic heterocycles. The summed E-state index contributed by atoms with van der Waals surface area (Å²) in [6.45, 7) is 4.98. The van der Waals surface area contributed by atoms with Gasteiger partial charge < -0.3 is 15.1 Å². The predicted molar refractivity (Wildman–Crippen MR) is 182 cm³/mol. The van der Waals surface area contributed by atoms with E-state index in [2.05, 4.69) is 65.4 Å². The number of nitrogens with zero attached hydrogens (tertiary/aromatic N) is 7. The van der Waals surface area contributed by atoms with Gasteiger partial charge in [-0.3, -0.25) is 19.1 Å². The van der Waals surface area contributed by atoms with Crippen LogP contribution in [0, 0.1) is 12.3 Å². The molecule has 7 rings (SSSR count). The summed E-state index contributed by atoms with van der Waals surface area (Å²) in [6, 6.07) is 8.84. The van der Waals surface area contributed by atoms with E-state index in [1.807, 2.05) is 37.3 Å². The van der Waals surface area contributed by atoms with Crippen molar-refractivity contribution in [2.24, 2.45) is 5.41 Å². The van der Waals surface area contributed by atoms with Gasteiger partial charge in [0.2, 0.25) is 11.8 Å². The van der Waals surface area contributed by atoms with Crippen LogP contribution >= 0.6 is 15.9 Å². The van der Waals surface area contributed by atoms with Crippen LogP contribution in [-0.4, -0.2) is 84.4 Å². The Hall–Kier alpha value is -4.29. The highest BCUT2D eigenvalue weighted by Crippen LogP contribution is 2.60. The number of likely N-dealkylation sites (tertiary alicyclic amines) is 1. The van der Waals surface area contributed by atoms with Crippen molar-refractivity contribution in [3.8, 4) is 11.1 Å². The average molecular weight is 698 g/mol. The second kappa shape index (κ2) is 12.4. The molecule has 242 valence electrons. The Labute approximate surface area is 281 Å². The summed E-state index contributed by atoms with van der Waals surface area (Å²) in [5.74, 6) is 0.547. The zero-order chi connectivity index (χ0) is 32.9. The third-order valence-electron chi connectivity index (χ3n) is 9.68. The minimum absolute atomic E-state index is 0.0433. The van der Waals surface area contributed by atoms with Crippen LogP contribution in [0.3, 0.4) is 0 Å². The number of fused-ring (bicyclic) bond motifs is 3. The molecule has 11 nitrogen and oxygen atoms in total. The van der Waals surface area contributed by atoms with E-state index in [1.165, 1.54) is 6.92 Å². The number of rotatable bonds is 4. The highest BCUT2D eigenvalue weighted by atomic mass is 79.9. The Balaban J connectivity index is 1.21. The maximum absolute atomic E-state index is 14.3. The summed E-state index contributed by atoms with van der Waals surface area (Å²) in [7, 11) is 2.12. The molecule has 1 aliphatic carbocycles. The summed E-state index contributed by atoms with van der Waals surface area (Å²) in [5.41, 5.74) is 3.42. The van der Waals surface area contributed by atoms with Gasteiger partial charge in [0.15, 0.2) is 5.78 Å². The summed E-state index contributed by atoms with van der Waals surface area (Å²) in [5, 5.41) is 8.35. The maximum Gasteiger partial charge on any atom is 0.248 e. The molecule has 47 heavy (non-hydrogen) atoms. The fourth-order valence-corrected chi connectivity index (χ4v) is 7.60. The first-order valence-electron chi connectivity index (χ1n) is 16.0. The number of ketones is 1. The Morgan fingerprint density at radius 1 is 1.09 bits per heavy atom. The first kappa shape index (κ1) is 31.3. The largest absolute Gasteiger partial charge is 0.325 e. The molecule has 5 heterocycles. The monoisotopic (exact) mass is 696 g/mol. The van der Waals surface area contributed by atoms with Gasteiger partial charge in [-0.05, 0) is 97.9 Å². The molecule has 3 aromatic heterocycles. The molecule has 1 saturated heterocycles. The average Bonchev–Trinajstić information content (AvgIpc) is 3.44. The topological polar surface area (TPSA) is 126 Å². The number of piperidine rings is 1. The molecule has 3 aliphatic rings. The van der Waals surface area contributed by atoms with Crippen LogP contribution in [0.5, 0.6) is 0 Å². The zero-order valence-corrected chi connectivity index (χ0v) is 28.3. The Morgan fingerprint density at radius 3 is 2.68 bits per heavy atom. The van der Waals surface area contributed by atoms with Crippen molar-refractivity contribution in [2.45, 2.75) is 64.6 Å². The van der Waals surface area contributed by atoms with Crippen molar-refractivity contribution >= 4 is 50.2 Å². The van der Waals surface area contributed by atoms with E-state index in [4.69, 9.17) is 0 Å². The molecule has 2 fully saturated rings. The predicted octanol–water partition coefficient (Wildman–Crippen LogP) is 4.98. The molecule has 2 amide bonds. The number of benzene rings is 1. The van der Waals surface area contributed by atoms with Gasteiger partial charge >= 0.3 is 0 Å². The number of Topliss-reactive ketones (excluding diaryl/α,β-unsaturated/α-hetero) is 1. The van der Waals surface area contributed by atoms with Gasteiger partial charge in [-0.25, -0.2) is 15.0 Å². The molecule has 0 unspecified atom stereocenters. The quantitative estimate of drug-likeness (QED) is 0.180. The number of allylic oxidation sites excluding steroid dienone is 2. The van der Waals surface area contributed by atoms with Crippen LogP contribution in [0.15, 0.2) is 59.5 Å². The lowest BCUT2D eigenvalue weighted by atomic mass is 9.98. The highest BCUT2D eigenvalue weighted by Gasteiger charge is 2.67. The Kier molecular flexibility index (Phi) is 8.25. The van der Waals surface area contributed by atoms with E-state index in [-0.39, 0.29) is 35.6 Å². The second-order valence-corrected chi connectivity index (χ2v) is 13.9. The SMILES string of the molecule is CC(=O)c1nn(CC(=O)N2[C@H]3C[C@]4(C[C@@H]24)CN(C)CCC/C=C\Cc2ccc(Br)nc2NC3=O)c2ccc(-c3cnc(C)nc3)cc12. The third kappa shape index (κ3) is 6.12. The number of pyridine rings is 1. The molecule has 2 bridgehead atoms. The molecule has 3 atom stereocenters. The van der Waals surface area contributed by atoms with Crippen LogP contribution in [0.1, 0.15) is 54.5 Å². The number of aromatic nitrogens is 5. The Morgan fingerprint density at radius 2 is 1.89 bits per heavy atom. The number of amides is 2. The van der Waals surface area contributed by atoms with E-state index < -0.39 is 6.04 Å². The van der Waals surface area contributed by atoms with Crippen LogP contribution in [0.4, 0.5) is 5.82 Å². The third-order valence-corrected chi connectivity index (χ3v) is 10.1. The minimum Gasteiger partial charge on any atom is -0.325 e. The normalized spacial score (nSPS) is 23.7. The van der Waals surface area contributed by atoms with E-state index in [1.54, 1.807) is 22.0 Å². The lowest BCUT2D eigenvalue weighted by Crippen LogP contribution is -2.47. The molecular weight excluding hydrogens is 660 g/mol. The molecular formula is C35H37BrN8O3. The van der Waals surface area contributed by atoms with Crippen LogP contribution in [0.25, 0.3) is 22.0 Å². The van der Waals surface area contributed by atoms with Crippen LogP contribution in [0.2, 0.25) is 0 Å². The Bertz CT molecular complexity index is 1920. The number of halogens is 1. The maximum atomic E-state index is 14.3. The molecule has 1 saturated carbocycles. The summed E-state index contributed by atoms with van der Waals surface area (Å²) in [6.07, 6.45) is 11.9. The molecule has 1 aromatic carbocycles. The summed E-state index contributed by atoms with van der Waals surface area (Å²) in [4.78, 5) is 58.3. The van der Waals surface area contributed by atoms with Crippen molar-refractivity contribution < 1.29 is 14.4 Å². The molecule has 4 aromatic rings. The van der Waals surface area contributed by atoms with Crippen molar-refractivity contribution in [2.75, 3.05) is 25.5 Å². The van der Waals surface area contributed by atoms with Gasteiger partial charge in [-0.1, -0.05) is 24.3 Å². The summed E-state index contributed by atoms with van der Waals surface area (Å²) < 4.78 is 2.23. The highest BCUT2D eigenvalue weighted by molar-refractivity contribution is 9.10. The van der Waals surface area contributed by atoms with E-state index >= 15 is 0 Å². The molecule has 1 N–H and O–H groups in total. The fourth-order valence-electron chi connectivity index (χ4n) is 7.29. The van der Waals surface area contributed by atoms with Gasteiger partial charge in [0.05, 0.1) is 5.52 Å². The standard InChI is InChI=1S/C35H37BrN8O3/c1-21(45)32-26-14-24(25-17-37-22(2)38-18-25)9-11-27(26)43(41-32)19-31(46)44-28-15-35(16-29(35)44)20-42(3)13-7-5-4-6-8-23-10-12-30(36)39-33(23)40-34(28)47/h4,6,9-12,14,17-18,28-29H,5,7-8,13,15-16,19-20H2,1-3H3,(H,39,40,47)/b6-4-/t28-,29+,35-/m0/s1. The fraction of sp³-hybridized carbons (Fsp3) is 0.400. The number of carbonyl (C=O) groups excluding carboxylic acids is 3. The smallest absolute Gasteiger partial charge is 0.248 e. The second-order valence-electron chi connectivity index (χ2n) is 13.1. The summed E-state index contributed by atoms with van der Waals surface area (Å²) >= 11 is 3.45. The van der Waals surface area contributed by atoms with Gasteiger partial charge in [0.1, 0.15) is 34.5 Å². The van der Waals surface area contributed by atoms with E-state index in [9.17, 15) is 14.4 Å². The number of anilines is 1. The van der Waals surface area contributed by atoms with Gasteiger partial charge in [0.25, 0.3) is 0 Å². The van der Waals surface area contributed by atoms with Crippen LogP contribution in [-0.2, 0) is 22.6 Å². The lowest BCUT2D eigenvalue weighted by molar-refractivity contribution is -0.138. The van der Waals surface area contributed by atoms with E-state index in [0.29, 0.717) is 45.7 Å². The number of aryl methyl sites for hydroxylation is 1. The lowest BCUT2D eigenvalue weighted by Gasteiger charge is -2.27. The number of hydrogen-bond donors (Lipinski definition) is 1. The van der Waals surface area contributed by atoms with Crippen molar-refractivity contribution in [1.29, 1.82) is 0 Å². The number of carbonyl (C=O) groups is 3. The first-order chi connectivity index (χ1) is 22.6. The van der Waals surface area contributed by atoms with Gasteiger partial charge in [-0.2, -0.15) is 5.10 Å². The molecule has 12 heteroatoms.